The van der Waals surface area contributed by atoms with Crippen LogP contribution in [0.25, 0.3) is 22.4 Å². The number of hydrogen-bond acceptors (Lipinski definition) is 6. The zero-order valence-electron chi connectivity index (χ0n) is 17.2. The Kier molecular flexibility index (Phi) is 4.78. The van der Waals surface area contributed by atoms with Crippen LogP contribution in [0.1, 0.15) is 33.8 Å². The Balaban J connectivity index is 1.62. The van der Waals surface area contributed by atoms with Crippen LogP contribution in [0.2, 0.25) is 0 Å². The summed E-state index contributed by atoms with van der Waals surface area (Å²) in [6.07, 6.45) is 1.89. The van der Waals surface area contributed by atoms with Gasteiger partial charge < -0.3 is 20.8 Å². The van der Waals surface area contributed by atoms with E-state index in [1.165, 1.54) is 5.56 Å². The summed E-state index contributed by atoms with van der Waals surface area (Å²) in [6, 6.07) is 15.6. The molecule has 7 nitrogen and oxygen atoms in total. The molecule has 0 atom stereocenters. The molecule has 4 N–H and O–H groups in total. The maximum Gasteiger partial charge on any atom is 0.252 e. The molecular weight excluding hydrogens is 390 g/mol. The fourth-order valence-electron chi connectivity index (χ4n) is 4.07. The van der Waals surface area contributed by atoms with Gasteiger partial charge in [-0.2, -0.15) is 0 Å². The lowest BCUT2D eigenvalue weighted by Gasteiger charge is -2.21. The second-order valence-electron chi connectivity index (χ2n) is 7.67. The van der Waals surface area contributed by atoms with Crippen molar-refractivity contribution < 1.29 is 9.21 Å². The molecule has 5 rings (SSSR count). The topological polar surface area (TPSA) is 106 Å². The van der Waals surface area contributed by atoms with Crippen molar-refractivity contribution in [2.45, 2.75) is 26.3 Å². The molecule has 4 aromatic rings. The van der Waals surface area contributed by atoms with E-state index in [0.29, 0.717) is 29.3 Å². The number of benzene rings is 2. The molecule has 3 heterocycles. The number of nitrogens with two attached hydrogens (primary N) is 1. The molecule has 2 aromatic carbocycles. The van der Waals surface area contributed by atoms with Crippen molar-refractivity contribution in [3.8, 4) is 11.4 Å². The maximum atomic E-state index is 11.9. The quantitative estimate of drug-likeness (QED) is 0.451. The smallest absolute Gasteiger partial charge is 0.252 e. The van der Waals surface area contributed by atoms with Crippen molar-refractivity contribution in [1.29, 1.82) is 0 Å². The summed E-state index contributed by atoms with van der Waals surface area (Å²) in [6.45, 7) is 3.41. The van der Waals surface area contributed by atoms with E-state index in [2.05, 4.69) is 22.8 Å². The molecule has 2 aromatic heterocycles. The van der Waals surface area contributed by atoms with E-state index in [9.17, 15) is 4.79 Å². The average molecular weight is 413 g/mol. The number of furan rings is 1. The molecular formula is C24H23N5O2. The van der Waals surface area contributed by atoms with Crippen molar-refractivity contribution in [3.05, 3.63) is 71.1 Å². The predicted molar refractivity (Wildman–Crippen MR) is 121 cm³/mol. The normalized spacial score (nSPS) is 12.9. The van der Waals surface area contributed by atoms with Crippen LogP contribution in [0, 0.1) is 6.92 Å². The molecule has 0 aliphatic carbocycles. The molecule has 0 radical (unpaired) electrons. The first-order valence-corrected chi connectivity index (χ1v) is 10.4. The van der Waals surface area contributed by atoms with E-state index in [4.69, 9.17) is 20.1 Å². The second kappa shape index (κ2) is 7.75. The van der Waals surface area contributed by atoms with Crippen LogP contribution in [0.3, 0.4) is 0 Å². The van der Waals surface area contributed by atoms with Crippen LogP contribution in [-0.4, -0.2) is 22.4 Å². The molecule has 0 bridgehead atoms. The Morgan fingerprint density at radius 3 is 2.81 bits per heavy atom. The van der Waals surface area contributed by atoms with E-state index in [1.54, 1.807) is 12.1 Å². The number of carbonyl (C=O) groups excluding carboxylic acids is 1. The maximum absolute atomic E-state index is 11.9. The summed E-state index contributed by atoms with van der Waals surface area (Å²) in [5.74, 6) is 1.48. The number of rotatable bonds is 5. The van der Waals surface area contributed by atoms with Crippen molar-refractivity contribution in [2.24, 2.45) is 5.73 Å². The minimum Gasteiger partial charge on any atom is -0.460 e. The molecule has 1 aliphatic rings. The molecule has 0 fully saturated rings. The van der Waals surface area contributed by atoms with Crippen LogP contribution in [0.5, 0.6) is 0 Å². The number of nitrogens with one attached hydrogen (secondary N) is 2. The number of para-hydroxylation sites is 1. The Morgan fingerprint density at radius 1 is 1.16 bits per heavy atom. The minimum atomic E-state index is -0.522. The molecule has 7 heteroatoms. The summed E-state index contributed by atoms with van der Waals surface area (Å²) < 4.78 is 5.94. The van der Waals surface area contributed by atoms with Gasteiger partial charge in [0.05, 0.1) is 22.5 Å². The first kappa shape index (κ1) is 19.1. The Hall–Kier alpha value is -3.87. The van der Waals surface area contributed by atoms with Crippen LogP contribution in [-0.2, 0) is 13.0 Å². The summed E-state index contributed by atoms with van der Waals surface area (Å²) >= 11 is 0. The van der Waals surface area contributed by atoms with E-state index in [0.717, 1.165) is 47.5 Å². The number of aromatic nitrogens is 2. The fraction of sp³-hybridized carbons (Fsp3) is 0.208. The molecule has 1 aliphatic heterocycles. The number of fused-ring (bicyclic) bond motifs is 2. The van der Waals surface area contributed by atoms with Gasteiger partial charge in [0.15, 0.2) is 11.6 Å². The minimum absolute atomic E-state index is 0.355. The summed E-state index contributed by atoms with van der Waals surface area (Å²) in [5, 5.41) is 7.70. The number of primary amides is 1. The molecule has 0 saturated heterocycles. The van der Waals surface area contributed by atoms with Crippen LogP contribution in [0.15, 0.2) is 52.9 Å². The van der Waals surface area contributed by atoms with Crippen molar-refractivity contribution in [1.82, 2.24) is 9.97 Å². The third-order valence-electron chi connectivity index (χ3n) is 5.56. The van der Waals surface area contributed by atoms with Gasteiger partial charge in [0, 0.05) is 18.5 Å². The first-order chi connectivity index (χ1) is 15.1. The number of aryl methyl sites for hydroxylation is 2. The Bertz CT molecular complexity index is 1280. The summed E-state index contributed by atoms with van der Waals surface area (Å²) in [7, 11) is 0. The van der Waals surface area contributed by atoms with Gasteiger partial charge in [-0.3, -0.25) is 4.79 Å². The van der Waals surface area contributed by atoms with Gasteiger partial charge in [-0.25, -0.2) is 9.97 Å². The standard InChI is InChI=1S/C24H23N5O2/c1-14-19(16-9-5-10-17(22(25)30)21(16)31-14)23-28-18-11-6-12-26-20(18)24(29-23)27-13-15-7-3-2-4-8-15/h2-5,7-10,26H,6,11-13H2,1H3,(H2,25,30)(H,27,28,29). The number of carbonyl (C=O) groups is 1. The Labute approximate surface area is 179 Å². The van der Waals surface area contributed by atoms with E-state index >= 15 is 0 Å². The van der Waals surface area contributed by atoms with E-state index < -0.39 is 5.91 Å². The van der Waals surface area contributed by atoms with Gasteiger partial charge in [0.25, 0.3) is 5.91 Å². The average Bonchev–Trinajstić information content (AvgIpc) is 3.13. The highest BCUT2D eigenvalue weighted by molar-refractivity contribution is 6.08. The largest absolute Gasteiger partial charge is 0.460 e. The molecule has 1 amide bonds. The van der Waals surface area contributed by atoms with Gasteiger partial charge >= 0.3 is 0 Å². The SMILES string of the molecule is Cc1oc2c(C(N)=O)cccc2c1-c1nc2c(c(NCc3ccccc3)n1)NCCC2. The van der Waals surface area contributed by atoms with Crippen molar-refractivity contribution in [2.75, 3.05) is 17.2 Å². The lowest BCUT2D eigenvalue weighted by molar-refractivity contribution is 0.100. The lowest BCUT2D eigenvalue weighted by atomic mass is 10.1. The number of nitrogens with zero attached hydrogens (tertiary/aromatic N) is 2. The predicted octanol–water partition coefficient (Wildman–Crippen LogP) is 4.27. The summed E-state index contributed by atoms with van der Waals surface area (Å²) in [5.41, 5.74) is 10.3. The third kappa shape index (κ3) is 3.48. The number of anilines is 2. The van der Waals surface area contributed by atoms with Crippen LogP contribution in [0.4, 0.5) is 11.5 Å². The van der Waals surface area contributed by atoms with Gasteiger partial charge in [-0.05, 0) is 31.4 Å². The molecule has 0 spiro atoms. The fourth-order valence-corrected chi connectivity index (χ4v) is 4.07. The van der Waals surface area contributed by atoms with Gasteiger partial charge in [0.1, 0.15) is 11.3 Å². The third-order valence-corrected chi connectivity index (χ3v) is 5.56. The number of amides is 1. The highest BCUT2D eigenvalue weighted by atomic mass is 16.3. The lowest BCUT2D eigenvalue weighted by Crippen LogP contribution is -2.17. The molecule has 0 saturated carbocycles. The van der Waals surface area contributed by atoms with Crippen LogP contribution < -0.4 is 16.4 Å². The van der Waals surface area contributed by atoms with Gasteiger partial charge in [-0.15, -0.1) is 0 Å². The monoisotopic (exact) mass is 413 g/mol. The highest BCUT2D eigenvalue weighted by Gasteiger charge is 2.23. The van der Waals surface area contributed by atoms with Gasteiger partial charge in [-0.1, -0.05) is 42.5 Å². The van der Waals surface area contributed by atoms with E-state index in [1.807, 2.05) is 31.2 Å². The molecule has 31 heavy (non-hydrogen) atoms. The molecule has 0 unspecified atom stereocenters. The first-order valence-electron chi connectivity index (χ1n) is 10.4. The van der Waals surface area contributed by atoms with Crippen molar-refractivity contribution >= 4 is 28.4 Å². The number of hydrogen-bond donors (Lipinski definition) is 3. The zero-order valence-corrected chi connectivity index (χ0v) is 17.2. The van der Waals surface area contributed by atoms with Crippen LogP contribution >= 0.6 is 0 Å². The molecule has 156 valence electrons. The van der Waals surface area contributed by atoms with Crippen molar-refractivity contribution in [3.63, 3.8) is 0 Å². The highest BCUT2D eigenvalue weighted by Crippen LogP contribution is 2.37. The zero-order chi connectivity index (χ0) is 21.4. The van der Waals surface area contributed by atoms with E-state index in [-0.39, 0.29) is 0 Å². The summed E-state index contributed by atoms with van der Waals surface area (Å²) in [4.78, 5) is 21.6. The van der Waals surface area contributed by atoms with Gasteiger partial charge in [0.2, 0.25) is 0 Å². The Morgan fingerprint density at radius 2 is 2.00 bits per heavy atom. The second-order valence-corrected chi connectivity index (χ2v) is 7.67.